The molecule has 134 valence electrons. The molecule has 3 rings (SSSR count). The molecule has 0 radical (unpaired) electrons. The molecule has 2 saturated heterocycles. The number of anilines is 1. The van der Waals surface area contributed by atoms with Crippen molar-refractivity contribution in [1.29, 1.82) is 0 Å². The van der Waals surface area contributed by atoms with Crippen molar-refractivity contribution in [2.75, 3.05) is 58.3 Å². The highest BCUT2D eigenvalue weighted by Gasteiger charge is 2.46. The van der Waals surface area contributed by atoms with E-state index in [2.05, 4.69) is 39.0 Å². The predicted molar refractivity (Wildman–Crippen MR) is 94.3 cm³/mol. The van der Waals surface area contributed by atoms with Gasteiger partial charge in [0.15, 0.2) is 0 Å². The lowest BCUT2D eigenvalue weighted by atomic mass is 10.0. The molecule has 1 aromatic rings. The van der Waals surface area contributed by atoms with Crippen molar-refractivity contribution in [3.05, 3.63) is 30.3 Å². The number of hydrogen-bond donors (Lipinski definition) is 2. The highest BCUT2D eigenvalue weighted by atomic mass is 16.5. The van der Waals surface area contributed by atoms with E-state index in [-0.39, 0.29) is 18.8 Å². The molecule has 2 N–H and O–H groups in total. The molecule has 6 heteroatoms. The topological polar surface area (TPSA) is 59.4 Å². The Labute approximate surface area is 144 Å². The largest absolute Gasteiger partial charge is 0.394 e. The number of para-hydroxylation sites is 1. The summed E-state index contributed by atoms with van der Waals surface area (Å²) in [5, 5.41) is 20.1. The van der Waals surface area contributed by atoms with Gasteiger partial charge < -0.3 is 24.7 Å². The summed E-state index contributed by atoms with van der Waals surface area (Å²) in [5.41, 5.74) is 1.25. The molecule has 0 aliphatic carbocycles. The summed E-state index contributed by atoms with van der Waals surface area (Å²) in [6, 6.07) is 10.4. The standard InChI is InChI=1S/C18H29N3O3/c1-19(2)12-15-17(18(23)16(13-22)24-15)21-10-8-20(9-11-21)14-6-4-3-5-7-14/h3-7,15-18,22-23H,8-13H2,1-2H3/t15-,16+,17+,18-/m1/s1. The number of aliphatic hydroxyl groups is 2. The first-order chi connectivity index (χ1) is 11.6. The zero-order valence-electron chi connectivity index (χ0n) is 14.6. The van der Waals surface area contributed by atoms with Gasteiger partial charge in [-0.05, 0) is 26.2 Å². The molecule has 6 nitrogen and oxygen atoms in total. The van der Waals surface area contributed by atoms with Crippen LogP contribution in [-0.4, -0.2) is 97.8 Å². The smallest absolute Gasteiger partial charge is 0.109 e. The Balaban J connectivity index is 1.65. The van der Waals surface area contributed by atoms with Crippen molar-refractivity contribution in [2.24, 2.45) is 0 Å². The molecular weight excluding hydrogens is 306 g/mol. The second kappa shape index (κ2) is 7.80. The first-order valence-corrected chi connectivity index (χ1v) is 8.73. The van der Waals surface area contributed by atoms with Crippen LogP contribution in [0, 0.1) is 0 Å². The van der Waals surface area contributed by atoms with Crippen molar-refractivity contribution in [1.82, 2.24) is 9.80 Å². The summed E-state index contributed by atoms with van der Waals surface area (Å²) in [4.78, 5) is 6.78. The minimum Gasteiger partial charge on any atom is -0.394 e. The van der Waals surface area contributed by atoms with Crippen LogP contribution in [0.15, 0.2) is 30.3 Å². The van der Waals surface area contributed by atoms with Gasteiger partial charge >= 0.3 is 0 Å². The van der Waals surface area contributed by atoms with Crippen LogP contribution >= 0.6 is 0 Å². The highest BCUT2D eigenvalue weighted by molar-refractivity contribution is 5.46. The highest BCUT2D eigenvalue weighted by Crippen LogP contribution is 2.28. The van der Waals surface area contributed by atoms with Crippen LogP contribution in [0.2, 0.25) is 0 Å². The van der Waals surface area contributed by atoms with Gasteiger partial charge in [0.25, 0.3) is 0 Å². The van der Waals surface area contributed by atoms with Gasteiger partial charge in [0.1, 0.15) is 12.2 Å². The summed E-state index contributed by atoms with van der Waals surface area (Å²) >= 11 is 0. The molecule has 4 atom stereocenters. The zero-order valence-corrected chi connectivity index (χ0v) is 14.6. The first-order valence-electron chi connectivity index (χ1n) is 8.73. The molecular formula is C18H29N3O3. The maximum atomic E-state index is 10.6. The summed E-state index contributed by atoms with van der Waals surface area (Å²) in [6.07, 6.45) is -1.19. The van der Waals surface area contributed by atoms with E-state index in [9.17, 15) is 10.2 Å². The number of aliphatic hydroxyl groups excluding tert-OH is 2. The monoisotopic (exact) mass is 335 g/mol. The summed E-state index contributed by atoms with van der Waals surface area (Å²) in [6.45, 7) is 4.27. The van der Waals surface area contributed by atoms with E-state index < -0.39 is 12.2 Å². The fourth-order valence-electron chi connectivity index (χ4n) is 3.86. The average Bonchev–Trinajstić information content (AvgIpc) is 2.90. The lowest BCUT2D eigenvalue weighted by Gasteiger charge is -2.41. The van der Waals surface area contributed by atoms with Crippen molar-refractivity contribution in [3.8, 4) is 0 Å². The maximum Gasteiger partial charge on any atom is 0.109 e. The third-order valence-electron chi connectivity index (χ3n) is 5.04. The van der Waals surface area contributed by atoms with Gasteiger partial charge in [0.2, 0.25) is 0 Å². The molecule has 2 aliphatic heterocycles. The Hall–Kier alpha value is -1.18. The van der Waals surface area contributed by atoms with Crippen LogP contribution in [0.25, 0.3) is 0 Å². The normalized spacial score (nSPS) is 31.8. The van der Waals surface area contributed by atoms with Crippen LogP contribution in [0.5, 0.6) is 0 Å². The van der Waals surface area contributed by atoms with Crippen molar-refractivity contribution < 1.29 is 14.9 Å². The number of likely N-dealkylation sites (N-methyl/N-ethyl adjacent to an activating group) is 1. The van der Waals surface area contributed by atoms with Gasteiger partial charge in [-0.15, -0.1) is 0 Å². The molecule has 24 heavy (non-hydrogen) atoms. The van der Waals surface area contributed by atoms with E-state index >= 15 is 0 Å². The van der Waals surface area contributed by atoms with E-state index in [4.69, 9.17) is 4.74 Å². The second-order valence-electron chi connectivity index (χ2n) is 7.00. The molecule has 0 amide bonds. The molecule has 2 aliphatic rings. The predicted octanol–water partition coefficient (Wildman–Crippen LogP) is -0.141. The van der Waals surface area contributed by atoms with Gasteiger partial charge in [-0.2, -0.15) is 0 Å². The fourth-order valence-corrected chi connectivity index (χ4v) is 3.86. The van der Waals surface area contributed by atoms with Crippen molar-refractivity contribution in [2.45, 2.75) is 24.4 Å². The Bertz CT molecular complexity index is 505. The van der Waals surface area contributed by atoms with Crippen molar-refractivity contribution >= 4 is 5.69 Å². The molecule has 0 aromatic heterocycles. The second-order valence-corrected chi connectivity index (χ2v) is 7.00. The summed E-state index contributed by atoms with van der Waals surface area (Å²) in [5.74, 6) is 0. The first kappa shape index (κ1) is 17.6. The quantitative estimate of drug-likeness (QED) is 0.781. The molecule has 1 aromatic carbocycles. The summed E-state index contributed by atoms with van der Waals surface area (Å²) < 4.78 is 5.91. The Morgan fingerprint density at radius 2 is 1.75 bits per heavy atom. The van der Waals surface area contributed by atoms with E-state index in [1.807, 2.05) is 20.2 Å². The van der Waals surface area contributed by atoms with Gasteiger partial charge in [-0.3, -0.25) is 4.90 Å². The van der Waals surface area contributed by atoms with E-state index in [0.29, 0.717) is 0 Å². The van der Waals surface area contributed by atoms with Crippen LogP contribution in [0.3, 0.4) is 0 Å². The fraction of sp³-hybridized carbons (Fsp3) is 0.667. The minimum atomic E-state index is -0.636. The van der Waals surface area contributed by atoms with Crippen LogP contribution in [-0.2, 0) is 4.74 Å². The number of hydrogen-bond acceptors (Lipinski definition) is 6. The number of piperazine rings is 1. The SMILES string of the molecule is CN(C)C[C@H]1O[C@@H](CO)[C@@H](O)[C@H]1N1CCN(c2ccccc2)CC1. The van der Waals surface area contributed by atoms with E-state index in [1.165, 1.54) is 5.69 Å². The zero-order chi connectivity index (χ0) is 17.1. The van der Waals surface area contributed by atoms with Gasteiger partial charge in [0, 0.05) is 38.4 Å². The third kappa shape index (κ3) is 3.73. The van der Waals surface area contributed by atoms with Gasteiger partial charge in [-0.25, -0.2) is 0 Å². The van der Waals surface area contributed by atoms with Gasteiger partial charge in [0.05, 0.1) is 18.8 Å². The molecule has 0 bridgehead atoms. The number of benzene rings is 1. The third-order valence-corrected chi connectivity index (χ3v) is 5.04. The molecule has 0 unspecified atom stereocenters. The van der Waals surface area contributed by atoms with Crippen LogP contribution in [0.4, 0.5) is 5.69 Å². The Morgan fingerprint density at radius 1 is 1.08 bits per heavy atom. The van der Waals surface area contributed by atoms with Crippen LogP contribution in [0.1, 0.15) is 0 Å². The maximum absolute atomic E-state index is 10.6. The van der Waals surface area contributed by atoms with E-state index in [0.717, 1.165) is 32.7 Å². The molecule has 0 saturated carbocycles. The van der Waals surface area contributed by atoms with E-state index in [1.54, 1.807) is 0 Å². The number of nitrogens with zero attached hydrogens (tertiary/aromatic N) is 3. The van der Waals surface area contributed by atoms with Crippen LogP contribution < -0.4 is 4.90 Å². The molecule has 0 spiro atoms. The number of ether oxygens (including phenoxy) is 1. The lowest BCUT2D eigenvalue weighted by molar-refractivity contribution is -0.0274. The minimum absolute atomic E-state index is 0.0533. The van der Waals surface area contributed by atoms with Crippen molar-refractivity contribution in [3.63, 3.8) is 0 Å². The Morgan fingerprint density at radius 3 is 2.33 bits per heavy atom. The average molecular weight is 335 g/mol. The Kier molecular flexibility index (Phi) is 5.73. The molecule has 2 heterocycles. The number of rotatable bonds is 5. The summed E-state index contributed by atoms with van der Waals surface area (Å²) in [7, 11) is 4.01. The molecule has 2 fully saturated rings. The van der Waals surface area contributed by atoms with Gasteiger partial charge in [-0.1, -0.05) is 18.2 Å². The lowest BCUT2D eigenvalue weighted by Crippen LogP contribution is -2.57.